The standard InChI is InChI=1S/C11H18BrNO3/c12-8-11(1-4-15-5-2-11)9-13-3-6-16-7-10(13)14/h1-9H2. The maximum atomic E-state index is 11.7. The van der Waals surface area contributed by atoms with E-state index in [-0.39, 0.29) is 17.9 Å². The SMILES string of the molecule is O=C1COCCN1CC1(CBr)CCOCC1. The van der Waals surface area contributed by atoms with Gasteiger partial charge in [-0.2, -0.15) is 0 Å². The van der Waals surface area contributed by atoms with Gasteiger partial charge < -0.3 is 14.4 Å². The Morgan fingerprint density at radius 3 is 2.62 bits per heavy atom. The lowest BCUT2D eigenvalue weighted by Gasteiger charge is -2.40. The second-order valence-electron chi connectivity index (χ2n) is 4.61. The summed E-state index contributed by atoms with van der Waals surface area (Å²) in [7, 11) is 0. The summed E-state index contributed by atoms with van der Waals surface area (Å²) in [5.41, 5.74) is 0.200. The number of carbonyl (C=O) groups excluding carboxylic acids is 1. The Labute approximate surface area is 104 Å². The van der Waals surface area contributed by atoms with Crippen molar-refractivity contribution < 1.29 is 14.3 Å². The van der Waals surface area contributed by atoms with Gasteiger partial charge in [0.15, 0.2) is 0 Å². The van der Waals surface area contributed by atoms with Crippen LogP contribution in [0.2, 0.25) is 0 Å². The van der Waals surface area contributed by atoms with Gasteiger partial charge in [0.2, 0.25) is 5.91 Å². The van der Waals surface area contributed by atoms with Crippen molar-refractivity contribution in [3.8, 4) is 0 Å². The first-order valence-corrected chi connectivity index (χ1v) is 6.87. The predicted octanol–water partition coefficient (Wildman–Crippen LogP) is 1.04. The lowest BCUT2D eigenvalue weighted by atomic mass is 9.81. The van der Waals surface area contributed by atoms with Gasteiger partial charge in [-0.25, -0.2) is 0 Å². The van der Waals surface area contributed by atoms with E-state index in [0.29, 0.717) is 6.61 Å². The van der Waals surface area contributed by atoms with E-state index in [1.54, 1.807) is 0 Å². The van der Waals surface area contributed by atoms with Crippen molar-refractivity contribution in [3.05, 3.63) is 0 Å². The van der Waals surface area contributed by atoms with Crippen LogP contribution in [0.4, 0.5) is 0 Å². The third-order valence-electron chi connectivity index (χ3n) is 3.45. The number of amides is 1. The lowest BCUT2D eigenvalue weighted by Crippen LogP contribution is -2.49. The number of hydrogen-bond donors (Lipinski definition) is 0. The molecule has 0 unspecified atom stereocenters. The highest BCUT2D eigenvalue weighted by atomic mass is 79.9. The molecule has 2 saturated heterocycles. The fourth-order valence-electron chi connectivity index (χ4n) is 2.26. The average Bonchev–Trinajstić information content (AvgIpc) is 2.33. The van der Waals surface area contributed by atoms with Crippen LogP contribution >= 0.6 is 15.9 Å². The number of morpholine rings is 1. The normalized spacial score (nSPS) is 25.8. The second-order valence-corrected chi connectivity index (χ2v) is 5.17. The molecule has 16 heavy (non-hydrogen) atoms. The zero-order valence-corrected chi connectivity index (χ0v) is 11.0. The molecule has 92 valence electrons. The maximum absolute atomic E-state index is 11.7. The lowest BCUT2D eigenvalue weighted by molar-refractivity contribution is -0.145. The molecule has 0 aromatic heterocycles. The molecule has 0 aromatic carbocycles. The van der Waals surface area contributed by atoms with Crippen LogP contribution in [0.25, 0.3) is 0 Å². The van der Waals surface area contributed by atoms with Gasteiger partial charge in [-0.1, -0.05) is 15.9 Å². The molecule has 0 N–H and O–H groups in total. The van der Waals surface area contributed by atoms with E-state index >= 15 is 0 Å². The molecule has 2 fully saturated rings. The van der Waals surface area contributed by atoms with E-state index in [4.69, 9.17) is 9.47 Å². The number of carbonyl (C=O) groups is 1. The fraction of sp³-hybridized carbons (Fsp3) is 0.909. The van der Waals surface area contributed by atoms with Gasteiger partial charge in [-0.15, -0.1) is 0 Å². The maximum Gasteiger partial charge on any atom is 0.248 e. The number of rotatable bonds is 3. The van der Waals surface area contributed by atoms with Crippen molar-refractivity contribution in [2.24, 2.45) is 5.41 Å². The summed E-state index contributed by atoms with van der Waals surface area (Å²) in [6, 6.07) is 0. The van der Waals surface area contributed by atoms with Crippen LogP contribution in [0.1, 0.15) is 12.8 Å². The Kier molecular flexibility index (Phi) is 4.21. The van der Waals surface area contributed by atoms with E-state index in [1.165, 1.54) is 0 Å². The Balaban J connectivity index is 1.96. The van der Waals surface area contributed by atoms with Crippen molar-refractivity contribution in [2.75, 3.05) is 44.8 Å². The van der Waals surface area contributed by atoms with E-state index in [9.17, 15) is 4.79 Å². The van der Waals surface area contributed by atoms with Crippen LogP contribution in [0.15, 0.2) is 0 Å². The number of nitrogens with zero attached hydrogens (tertiary/aromatic N) is 1. The topological polar surface area (TPSA) is 38.8 Å². The summed E-state index contributed by atoms with van der Waals surface area (Å²) in [6.45, 7) is 4.10. The Morgan fingerprint density at radius 2 is 2.00 bits per heavy atom. The third-order valence-corrected chi connectivity index (χ3v) is 4.64. The molecular formula is C11H18BrNO3. The van der Waals surface area contributed by atoms with Crippen LogP contribution in [-0.4, -0.2) is 55.7 Å². The van der Waals surface area contributed by atoms with Gasteiger partial charge in [0.05, 0.1) is 6.61 Å². The molecule has 0 bridgehead atoms. The van der Waals surface area contributed by atoms with Gasteiger partial charge in [0, 0.05) is 37.0 Å². The van der Waals surface area contributed by atoms with Crippen LogP contribution < -0.4 is 0 Å². The van der Waals surface area contributed by atoms with Crippen molar-refractivity contribution >= 4 is 21.8 Å². The summed E-state index contributed by atoms with van der Waals surface area (Å²) < 4.78 is 10.5. The Bertz CT molecular complexity index is 254. The number of ether oxygens (including phenoxy) is 2. The van der Waals surface area contributed by atoms with E-state index in [2.05, 4.69) is 15.9 Å². The Hall–Kier alpha value is -0.130. The minimum absolute atomic E-state index is 0.123. The van der Waals surface area contributed by atoms with Gasteiger partial charge in [-0.05, 0) is 12.8 Å². The molecule has 0 aliphatic carbocycles. The fourth-order valence-corrected chi connectivity index (χ4v) is 3.00. The van der Waals surface area contributed by atoms with Gasteiger partial charge in [0.25, 0.3) is 0 Å². The second kappa shape index (κ2) is 5.47. The molecule has 2 aliphatic heterocycles. The summed E-state index contributed by atoms with van der Waals surface area (Å²) in [6.07, 6.45) is 2.06. The number of halogens is 1. The summed E-state index contributed by atoms with van der Waals surface area (Å²) in [5.74, 6) is 0.123. The Morgan fingerprint density at radius 1 is 1.25 bits per heavy atom. The molecule has 0 spiro atoms. The van der Waals surface area contributed by atoms with Crippen LogP contribution in [0.3, 0.4) is 0 Å². The quantitative estimate of drug-likeness (QED) is 0.730. The molecule has 0 aromatic rings. The molecular weight excluding hydrogens is 274 g/mol. The van der Waals surface area contributed by atoms with Crippen LogP contribution in [0.5, 0.6) is 0 Å². The molecule has 0 saturated carbocycles. The minimum Gasteiger partial charge on any atom is -0.381 e. The van der Waals surface area contributed by atoms with E-state index in [0.717, 1.165) is 44.5 Å². The molecule has 1 amide bonds. The van der Waals surface area contributed by atoms with Crippen LogP contribution in [0, 0.1) is 5.41 Å². The first-order valence-electron chi connectivity index (χ1n) is 5.75. The van der Waals surface area contributed by atoms with Crippen molar-refractivity contribution in [3.63, 3.8) is 0 Å². The third kappa shape index (κ3) is 2.76. The first kappa shape index (κ1) is 12.3. The zero-order chi connectivity index (χ0) is 11.4. The van der Waals surface area contributed by atoms with Gasteiger partial charge in [0.1, 0.15) is 6.61 Å². The highest BCUT2D eigenvalue weighted by Gasteiger charge is 2.35. The molecule has 4 nitrogen and oxygen atoms in total. The molecule has 0 radical (unpaired) electrons. The smallest absolute Gasteiger partial charge is 0.248 e. The first-order chi connectivity index (χ1) is 7.76. The number of alkyl halides is 1. The van der Waals surface area contributed by atoms with Gasteiger partial charge in [-0.3, -0.25) is 4.79 Å². The monoisotopic (exact) mass is 291 g/mol. The molecule has 2 aliphatic rings. The number of hydrogen-bond acceptors (Lipinski definition) is 3. The summed E-state index contributed by atoms with van der Waals surface area (Å²) in [5, 5.41) is 0.938. The molecule has 2 rings (SSSR count). The van der Waals surface area contributed by atoms with E-state index < -0.39 is 0 Å². The van der Waals surface area contributed by atoms with E-state index in [1.807, 2.05) is 4.90 Å². The van der Waals surface area contributed by atoms with Crippen molar-refractivity contribution in [1.82, 2.24) is 4.90 Å². The summed E-state index contributed by atoms with van der Waals surface area (Å²) in [4.78, 5) is 13.6. The van der Waals surface area contributed by atoms with Crippen LogP contribution in [-0.2, 0) is 14.3 Å². The highest BCUT2D eigenvalue weighted by Crippen LogP contribution is 2.33. The molecule has 5 heteroatoms. The predicted molar refractivity (Wildman–Crippen MR) is 63.7 cm³/mol. The average molecular weight is 292 g/mol. The summed E-state index contributed by atoms with van der Waals surface area (Å²) >= 11 is 3.59. The van der Waals surface area contributed by atoms with Gasteiger partial charge >= 0.3 is 0 Å². The molecule has 2 heterocycles. The largest absolute Gasteiger partial charge is 0.381 e. The van der Waals surface area contributed by atoms with Crippen molar-refractivity contribution in [2.45, 2.75) is 12.8 Å². The molecule has 0 atom stereocenters. The van der Waals surface area contributed by atoms with Crippen molar-refractivity contribution in [1.29, 1.82) is 0 Å². The zero-order valence-electron chi connectivity index (χ0n) is 9.41. The highest BCUT2D eigenvalue weighted by molar-refractivity contribution is 9.09. The minimum atomic E-state index is 0.123.